The number of carbonyl (C=O) groups excluding carboxylic acids is 1. The molecule has 1 aliphatic rings. The SMILES string of the molecule is COc1cc(Br)c(CNCc2cccc(N3CCCC3=O)c2)cc1OC. The maximum absolute atomic E-state index is 11.9. The summed E-state index contributed by atoms with van der Waals surface area (Å²) in [4.78, 5) is 13.8. The highest BCUT2D eigenvalue weighted by atomic mass is 79.9. The molecular weight excluding hydrogens is 396 g/mol. The second kappa shape index (κ2) is 8.56. The smallest absolute Gasteiger partial charge is 0.227 e. The lowest BCUT2D eigenvalue weighted by atomic mass is 10.1. The van der Waals surface area contributed by atoms with Gasteiger partial charge in [-0.15, -0.1) is 0 Å². The predicted molar refractivity (Wildman–Crippen MR) is 106 cm³/mol. The molecule has 1 heterocycles. The van der Waals surface area contributed by atoms with E-state index in [2.05, 4.69) is 33.4 Å². The fraction of sp³-hybridized carbons (Fsp3) is 0.350. The molecular formula is C20H23BrN2O3. The molecule has 0 saturated carbocycles. The number of nitrogens with zero attached hydrogens (tertiary/aromatic N) is 1. The van der Waals surface area contributed by atoms with E-state index in [1.54, 1.807) is 14.2 Å². The largest absolute Gasteiger partial charge is 0.493 e. The average molecular weight is 419 g/mol. The Morgan fingerprint density at radius 3 is 2.58 bits per heavy atom. The molecule has 0 aromatic heterocycles. The van der Waals surface area contributed by atoms with Crippen LogP contribution in [0.25, 0.3) is 0 Å². The van der Waals surface area contributed by atoms with E-state index in [0.717, 1.165) is 40.8 Å². The van der Waals surface area contributed by atoms with Crippen molar-refractivity contribution < 1.29 is 14.3 Å². The second-order valence-corrected chi connectivity index (χ2v) is 7.08. The second-order valence-electron chi connectivity index (χ2n) is 6.22. The van der Waals surface area contributed by atoms with Crippen LogP contribution in [0.3, 0.4) is 0 Å². The van der Waals surface area contributed by atoms with Gasteiger partial charge in [0.05, 0.1) is 14.2 Å². The molecule has 1 N–H and O–H groups in total. The molecule has 0 atom stereocenters. The van der Waals surface area contributed by atoms with Gasteiger partial charge in [0.1, 0.15) is 0 Å². The Labute approximate surface area is 162 Å². The third-order valence-corrected chi connectivity index (χ3v) is 5.23. The van der Waals surface area contributed by atoms with Crippen molar-refractivity contribution in [3.8, 4) is 11.5 Å². The van der Waals surface area contributed by atoms with Gasteiger partial charge < -0.3 is 19.7 Å². The first kappa shape index (κ1) is 18.7. The number of methoxy groups -OCH3 is 2. The molecule has 0 spiro atoms. The van der Waals surface area contributed by atoms with Crippen LogP contribution in [0, 0.1) is 0 Å². The van der Waals surface area contributed by atoms with E-state index < -0.39 is 0 Å². The molecule has 2 aromatic carbocycles. The Hall–Kier alpha value is -2.05. The Balaban J connectivity index is 1.64. The summed E-state index contributed by atoms with van der Waals surface area (Å²) in [5.41, 5.74) is 3.23. The monoisotopic (exact) mass is 418 g/mol. The van der Waals surface area contributed by atoms with E-state index in [4.69, 9.17) is 9.47 Å². The molecule has 0 bridgehead atoms. The van der Waals surface area contributed by atoms with Crippen molar-refractivity contribution in [3.63, 3.8) is 0 Å². The molecule has 1 saturated heterocycles. The highest BCUT2D eigenvalue weighted by Gasteiger charge is 2.21. The van der Waals surface area contributed by atoms with E-state index in [9.17, 15) is 4.79 Å². The molecule has 2 aromatic rings. The van der Waals surface area contributed by atoms with Gasteiger partial charge in [-0.25, -0.2) is 0 Å². The molecule has 138 valence electrons. The van der Waals surface area contributed by atoms with Gasteiger partial charge in [-0.05, 0) is 41.8 Å². The van der Waals surface area contributed by atoms with Crippen molar-refractivity contribution in [2.24, 2.45) is 0 Å². The van der Waals surface area contributed by atoms with Crippen LogP contribution in [-0.4, -0.2) is 26.7 Å². The Morgan fingerprint density at radius 2 is 1.88 bits per heavy atom. The zero-order chi connectivity index (χ0) is 18.5. The lowest BCUT2D eigenvalue weighted by Crippen LogP contribution is -2.23. The Bertz CT molecular complexity index is 795. The number of nitrogens with one attached hydrogen (secondary N) is 1. The van der Waals surface area contributed by atoms with Gasteiger partial charge in [0.15, 0.2) is 11.5 Å². The summed E-state index contributed by atoms with van der Waals surface area (Å²) >= 11 is 3.58. The molecule has 0 radical (unpaired) electrons. The van der Waals surface area contributed by atoms with Crippen LogP contribution >= 0.6 is 15.9 Å². The molecule has 26 heavy (non-hydrogen) atoms. The number of amides is 1. The van der Waals surface area contributed by atoms with Crippen molar-refractivity contribution in [2.45, 2.75) is 25.9 Å². The van der Waals surface area contributed by atoms with Crippen LogP contribution in [0.2, 0.25) is 0 Å². The number of anilines is 1. The first-order valence-corrected chi connectivity index (χ1v) is 9.42. The molecule has 1 aliphatic heterocycles. The molecule has 5 nitrogen and oxygen atoms in total. The first-order chi connectivity index (χ1) is 12.6. The summed E-state index contributed by atoms with van der Waals surface area (Å²) in [6, 6.07) is 12.0. The Kier molecular flexibility index (Phi) is 6.16. The van der Waals surface area contributed by atoms with Crippen molar-refractivity contribution in [3.05, 3.63) is 52.0 Å². The van der Waals surface area contributed by atoms with Gasteiger partial charge in [-0.1, -0.05) is 28.1 Å². The van der Waals surface area contributed by atoms with Crippen LogP contribution in [0.4, 0.5) is 5.69 Å². The third kappa shape index (κ3) is 4.19. The summed E-state index contributed by atoms with van der Waals surface area (Å²) in [6.45, 7) is 2.22. The maximum Gasteiger partial charge on any atom is 0.227 e. The standard InChI is InChI=1S/C20H23BrN2O3/c1-25-18-10-15(17(21)11-19(18)26-2)13-22-12-14-5-3-6-16(9-14)23-8-4-7-20(23)24/h3,5-6,9-11,22H,4,7-8,12-13H2,1-2H3. The number of hydrogen-bond donors (Lipinski definition) is 1. The maximum atomic E-state index is 11.9. The molecule has 1 amide bonds. The summed E-state index contributed by atoms with van der Waals surface area (Å²) in [7, 11) is 3.26. The summed E-state index contributed by atoms with van der Waals surface area (Å²) in [6.07, 6.45) is 1.59. The van der Waals surface area contributed by atoms with Crippen molar-refractivity contribution in [1.82, 2.24) is 5.32 Å². The molecule has 3 rings (SSSR count). The zero-order valence-electron chi connectivity index (χ0n) is 15.0. The molecule has 1 fully saturated rings. The fourth-order valence-electron chi connectivity index (χ4n) is 3.13. The number of ether oxygens (including phenoxy) is 2. The van der Waals surface area contributed by atoms with Gasteiger partial charge in [-0.2, -0.15) is 0 Å². The van der Waals surface area contributed by atoms with Gasteiger partial charge in [0.25, 0.3) is 0 Å². The minimum absolute atomic E-state index is 0.212. The number of rotatable bonds is 7. The normalized spacial score (nSPS) is 14.0. The van der Waals surface area contributed by atoms with E-state index in [0.29, 0.717) is 24.5 Å². The van der Waals surface area contributed by atoms with Gasteiger partial charge in [0.2, 0.25) is 5.91 Å². The number of benzene rings is 2. The van der Waals surface area contributed by atoms with Crippen LogP contribution in [0.5, 0.6) is 11.5 Å². The lowest BCUT2D eigenvalue weighted by Gasteiger charge is -2.17. The lowest BCUT2D eigenvalue weighted by molar-refractivity contribution is -0.117. The molecule has 6 heteroatoms. The highest BCUT2D eigenvalue weighted by Crippen LogP contribution is 2.33. The summed E-state index contributed by atoms with van der Waals surface area (Å²) in [5.74, 6) is 1.62. The van der Waals surface area contributed by atoms with Crippen LogP contribution in [-0.2, 0) is 17.9 Å². The van der Waals surface area contributed by atoms with Crippen LogP contribution < -0.4 is 19.7 Å². The minimum Gasteiger partial charge on any atom is -0.493 e. The average Bonchev–Trinajstić information content (AvgIpc) is 3.09. The third-order valence-electron chi connectivity index (χ3n) is 4.49. The van der Waals surface area contributed by atoms with Crippen molar-refractivity contribution in [1.29, 1.82) is 0 Å². The zero-order valence-corrected chi connectivity index (χ0v) is 16.6. The summed E-state index contributed by atoms with van der Waals surface area (Å²) in [5, 5.41) is 3.45. The number of halogens is 1. The first-order valence-electron chi connectivity index (χ1n) is 8.63. The summed E-state index contributed by atoms with van der Waals surface area (Å²) < 4.78 is 11.6. The van der Waals surface area contributed by atoms with Crippen LogP contribution in [0.1, 0.15) is 24.0 Å². The van der Waals surface area contributed by atoms with E-state index in [1.807, 2.05) is 29.2 Å². The predicted octanol–water partition coefficient (Wildman–Crippen LogP) is 3.88. The van der Waals surface area contributed by atoms with Crippen LogP contribution in [0.15, 0.2) is 40.9 Å². The van der Waals surface area contributed by atoms with E-state index in [1.165, 1.54) is 0 Å². The molecule has 0 aliphatic carbocycles. The quantitative estimate of drug-likeness (QED) is 0.740. The number of carbonyl (C=O) groups is 1. The van der Waals surface area contributed by atoms with Gasteiger partial charge in [-0.3, -0.25) is 4.79 Å². The Morgan fingerprint density at radius 1 is 1.12 bits per heavy atom. The fourth-order valence-corrected chi connectivity index (χ4v) is 3.59. The topological polar surface area (TPSA) is 50.8 Å². The van der Waals surface area contributed by atoms with Crippen molar-refractivity contribution in [2.75, 3.05) is 25.7 Å². The van der Waals surface area contributed by atoms with Gasteiger partial charge in [0, 0.05) is 36.2 Å². The minimum atomic E-state index is 0.212. The van der Waals surface area contributed by atoms with Gasteiger partial charge >= 0.3 is 0 Å². The number of hydrogen-bond acceptors (Lipinski definition) is 4. The molecule has 0 unspecified atom stereocenters. The van der Waals surface area contributed by atoms with E-state index in [-0.39, 0.29) is 5.91 Å². The van der Waals surface area contributed by atoms with E-state index >= 15 is 0 Å². The highest BCUT2D eigenvalue weighted by molar-refractivity contribution is 9.10. The van der Waals surface area contributed by atoms with Crippen molar-refractivity contribution >= 4 is 27.5 Å².